The van der Waals surface area contributed by atoms with E-state index in [-0.39, 0.29) is 23.9 Å². The Balaban J connectivity index is 0.00000196. The zero-order valence-electron chi connectivity index (χ0n) is 9.05. The summed E-state index contributed by atoms with van der Waals surface area (Å²) < 4.78 is 2.11. The van der Waals surface area contributed by atoms with Crippen LogP contribution in [0.25, 0.3) is 0 Å². The Morgan fingerprint density at radius 3 is 1.80 bits per heavy atom. The van der Waals surface area contributed by atoms with Crippen molar-refractivity contribution in [3.8, 4) is 0 Å². The molecule has 0 amide bonds. The summed E-state index contributed by atoms with van der Waals surface area (Å²) in [6.45, 7) is 6.44. The lowest BCUT2D eigenvalue weighted by Gasteiger charge is -2.27. The zero-order chi connectivity index (χ0) is 10.9. The monoisotopic (exact) mass is 355 g/mol. The van der Waals surface area contributed by atoms with Gasteiger partial charge in [0, 0.05) is 15.0 Å². The van der Waals surface area contributed by atoms with E-state index >= 15 is 0 Å². The van der Waals surface area contributed by atoms with Crippen LogP contribution in [0.5, 0.6) is 0 Å². The van der Waals surface area contributed by atoms with Crippen molar-refractivity contribution in [2.75, 3.05) is 0 Å². The molecule has 0 saturated carbocycles. The molecule has 0 heterocycles. The lowest BCUT2D eigenvalue weighted by Crippen LogP contribution is -2.26. The van der Waals surface area contributed by atoms with Crippen molar-refractivity contribution in [3.63, 3.8) is 0 Å². The van der Waals surface area contributed by atoms with Crippen molar-refractivity contribution in [2.45, 2.75) is 26.8 Å². The van der Waals surface area contributed by atoms with Gasteiger partial charge in [-0.2, -0.15) is 0 Å². The third-order valence-electron chi connectivity index (χ3n) is 2.18. The molecule has 1 aromatic rings. The second-order valence-corrected chi connectivity index (χ2v) is 6.38. The van der Waals surface area contributed by atoms with Gasteiger partial charge in [0.2, 0.25) is 0 Å². The van der Waals surface area contributed by atoms with Crippen molar-refractivity contribution >= 4 is 44.3 Å². The third-order valence-corrected chi connectivity index (χ3v) is 3.09. The second-order valence-electron chi connectivity index (χ2n) is 4.55. The maximum absolute atomic E-state index is 6.17. The minimum absolute atomic E-state index is 0. The first kappa shape index (κ1) is 15.4. The Morgan fingerprint density at radius 2 is 1.47 bits per heavy atom. The lowest BCUT2D eigenvalue weighted by molar-refractivity contribution is 0.327. The summed E-state index contributed by atoms with van der Waals surface area (Å²) in [5, 5.41) is 0. The van der Waals surface area contributed by atoms with Gasteiger partial charge in [0.1, 0.15) is 0 Å². The van der Waals surface area contributed by atoms with Crippen LogP contribution in [0.4, 0.5) is 0 Å². The highest BCUT2D eigenvalue weighted by atomic mass is 79.9. The van der Waals surface area contributed by atoms with Gasteiger partial charge in [-0.1, -0.05) is 52.6 Å². The average molecular weight is 358 g/mol. The van der Waals surface area contributed by atoms with Crippen molar-refractivity contribution in [3.05, 3.63) is 32.7 Å². The molecule has 1 nitrogen and oxygen atoms in total. The Morgan fingerprint density at radius 1 is 1.07 bits per heavy atom. The molecule has 1 rings (SSSR count). The van der Waals surface area contributed by atoms with Crippen molar-refractivity contribution < 1.29 is 0 Å². The molecule has 0 spiro atoms. The van der Waals surface area contributed by atoms with Crippen molar-refractivity contribution in [2.24, 2.45) is 11.1 Å². The highest BCUT2D eigenvalue weighted by molar-refractivity contribution is 9.11. The fourth-order valence-electron chi connectivity index (χ4n) is 1.25. The topological polar surface area (TPSA) is 26.0 Å². The van der Waals surface area contributed by atoms with Crippen molar-refractivity contribution in [1.29, 1.82) is 0 Å². The number of benzene rings is 1. The van der Waals surface area contributed by atoms with Crippen LogP contribution in [-0.2, 0) is 0 Å². The van der Waals surface area contributed by atoms with Gasteiger partial charge in [0.05, 0.1) is 0 Å². The Hall–Kier alpha value is 0.430. The van der Waals surface area contributed by atoms with Crippen LogP contribution in [0, 0.1) is 5.41 Å². The van der Waals surface area contributed by atoms with E-state index in [1.54, 1.807) is 0 Å². The van der Waals surface area contributed by atoms with E-state index in [2.05, 4.69) is 64.8 Å². The molecule has 1 aromatic carbocycles. The Bertz CT molecular complexity index is 314. The smallest absolute Gasteiger partial charge is 0.0344 e. The number of hydrogen-bond donors (Lipinski definition) is 1. The molecule has 4 heteroatoms. The fourth-order valence-corrected chi connectivity index (χ4v) is 2.58. The first-order chi connectivity index (χ1) is 6.30. The summed E-state index contributed by atoms with van der Waals surface area (Å²) in [5.74, 6) is 0. The molecule has 0 fully saturated rings. The van der Waals surface area contributed by atoms with Gasteiger partial charge in [-0.05, 0) is 29.2 Å². The van der Waals surface area contributed by atoms with Crippen LogP contribution in [0.15, 0.2) is 27.1 Å². The first-order valence-electron chi connectivity index (χ1n) is 4.52. The fraction of sp³-hybridized carbons (Fsp3) is 0.455. The number of rotatable bonds is 1. The van der Waals surface area contributed by atoms with Gasteiger partial charge in [0.25, 0.3) is 0 Å². The van der Waals surface area contributed by atoms with Crippen LogP contribution in [-0.4, -0.2) is 0 Å². The van der Waals surface area contributed by atoms with Crippen LogP contribution >= 0.6 is 44.3 Å². The molecule has 0 bridgehead atoms. The summed E-state index contributed by atoms with van der Waals surface area (Å²) in [4.78, 5) is 0. The summed E-state index contributed by atoms with van der Waals surface area (Å²) in [6.07, 6.45) is 0. The molecule has 1 atom stereocenters. The predicted molar refractivity (Wildman–Crippen MR) is 75.5 cm³/mol. The molecule has 0 radical (unpaired) electrons. The lowest BCUT2D eigenvalue weighted by atomic mass is 9.83. The molecule has 0 aliphatic carbocycles. The van der Waals surface area contributed by atoms with E-state index in [1.807, 2.05) is 6.07 Å². The maximum Gasteiger partial charge on any atom is 0.0344 e. The molecule has 0 unspecified atom stereocenters. The normalized spacial score (nSPS) is 13.2. The van der Waals surface area contributed by atoms with E-state index < -0.39 is 0 Å². The number of hydrogen-bond acceptors (Lipinski definition) is 1. The minimum atomic E-state index is 0. The van der Waals surface area contributed by atoms with Crippen molar-refractivity contribution in [1.82, 2.24) is 0 Å². The van der Waals surface area contributed by atoms with Crippen LogP contribution in [0.1, 0.15) is 32.4 Å². The number of halogens is 3. The van der Waals surface area contributed by atoms with E-state index in [0.29, 0.717) is 0 Å². The minimum Gasteiger partial charge on any atom is -0.324 e. The van der Waals surface area contributed by atoms with Crippen LogP contribution in [0.3, 0.4) is 0 Å². The highest BCUT2D eigenvalue weighted by Crippen LogP contribution is 2.33. The predicted octanol–water partition coefficient (Wildman–Crippen LogP) is 4.68. The summed E-state index contributed by atoms with van der Waals surface area (Å²) >= 11 is 6.92. The maximum atomic E-state index is 6.17. The molecule has 0 aromatic heterocycles. The summed E-state index contributed by atoms with van der Waals surface area (Å²) in [5.41, 5.74) is 7.40. The molecular weight excluding hydrogens is 341 g/mol. The molecule has 15 heavy (non-hydrogen) atoms. The zero-order valence-corrected chi connectivity index (χ0v) is 13.0. The van der Waals surface area contributed by atoms with Crippen LogP contribution < -0.4 is 5.73 Å². The van der Waals surface area contributed by atoms with E-state index in [1.165, 1.54) is 0 Å². The van der Waals surface area contributed by atoms with Gasteiger partial charge in [-0.25, -0.2) is 0 Å². The summed E-state index contributed by atoms with van der Waals surface area (Å²) in [7, 11) is 0. The molecule has 2 N–H and O–H groups in total. The average Bonchev–Trinajstić information content (AvgIpc) is 1.99. The number of nitrogens with two attached hydrogens (primary N) is 1. The molecule has 0 aliphatic rings. The standard InChI is InChI=1S/C11H15Br2N.ClH/c1-11(2,3)10(14)7-4-8(12)6-9(13)5-7;/h4-6,10H,14H2,1-3H3;1H/t10-;/m1./s1. The molecule has 0 saturated heterocycles. The Kier molecular flexibility index (Phi) is 5.83. The summed E-state index contributed by atoms with van der Waals surface area (Å²) in [6, 6.07) is 6.21. The van der Waals surface area contributed by atoms with Gasteiger partial charge in [0.15, 0.2) is 0 Å². The van der Waals surface area contributed by atoms with E-state index in [0.717, 1.165) is 14.5 Å². The van der Waals surface area contributed by atoms with E-state index in [4.69, 9.17) is 5.73 Å². The SMILES string of the molecule is CC(C)(C)[C@H](N)c1cc(Br)cc(Br)c1.Cl. The quantitative estimate of drug-likeness (QED) is 0.776. The molecular formula is C11H16Br2ClN. The molecule has 0 aliphatic heterocycles. The van der Waals surface area contributed by atoms with Gasteiger partial charge < -0.3 is 5.73 Å². The molecule has 86 valence electrons. The highest BCUT2D eigenvalue weighted by Gasteiger charge is 2.22. The second kappa shape index (κ2) is 5.67. The van der Waals surface area contributed by atoms with Gasteiger partial charge in [-0.3, -0.25) is 0 Å². The van der Waals surface area contributed by atoms with Gasteiger partial charge >= 0.3 is 0 Å². The van der Waals surface area contributed by atoms with Crippen LogP contribution in [0.2, 0.25) is 0 Å². The largest absolute Gasteiger partial charge is 0.324 e. The Labute approximate surface area is 114 Å². The van der Waals surface area contributed by atoms with Gasteiger partial charge in [-0.15, -0.1) is 12.4 Å². The third kappa shape index (κ3) is 4.43. The first-order valence-corrected chi connectivity index (χ1v) is 6.11. The van der Waals surface area contributed by atoms with E-state index in [9.17, 15) is 0 Å².